The number of benzene rings is 1. The van der Waals surface area contributed by atoms with E-state index in [1.165, 1.54) is 16.6 Å². The highest BCUT2D eigenvalue weighted by atomic mass is 35.5. The number of likely N-dealkylation sites (N-methyl/N-ethyl adjacent to an activating group) is 1. The van der Waals surface area contributed by atoms with Crippen LogP contribution in [0.3, 0.4) is 0 Å². The minimum absolute atomic E-state index is 0.0783. The van der Waals surface area contributed by atoms with Crippen molar-refractivity contribution in [2.45, 2.75) is 31.0 Å². The Morgan fingerprint density at radius 3 is 2.84 bits per heavy atom. The Morgan fingerprint density at radius 2 is 2.06 bits per heavy atom. The van der Waals surface area contributed by atoms with E-state index in [0.29, 0.717) is 21.3 Å². The van der Waals surface area contributed by atoms with E-state index in [4.69, 9.17) is 16.6 Å². The average Bonchev–Trinajstić information content (AvgIpc) is 3.39. The highest BCUT2D eigenvalue weighted by Gasteiger charge is 2.25. The lowest BCUT2D eigenvalue weighted by Gasteiger charge is -2.21. The van der Waals surface area contributed by atoms with Gasteiger partial charge in [0.15, 0.2) is 5.16 Å². The molecule has 0 N–H and O–H groups in total. The van der Waals surface area contributed by atoms with Gasteiger partial charge in [-0.25, -0.2) is 4.98 Å². The summed E-state index contributed by atoms with van der Waals surface area (Å²) in [6.07, 6.45) is 2.96. The van der Waals surface area contributed by atoms with Gasteiger partial charge in [0.1, 0.15) is 4.83 Å². The number of carbonyl (C=O) groups excluding carboxylic acids is 1. The normalized spacial score (nSPS) is 16.8. The maximum atomic E-state index is 13.7. The van der Waals surface area contributed by atoms with Crippen molar-refractivity contribution >= 4 is 50.8 Å². The summed E-state index contributed by atoms with van der Waals surface area (Å²) in [5.74, 6) is 0.369. The third kappa shape index (κ3) is 4.02. The molecule has 1 amide bonds. The van der Waals surface area contributed by atoms with Gasteiger partial charge in [-0.1, -0.05) is 29.4 Å². The Balaban J connectivity index is 1.61. The number of amides is 1. The van der Waals surface area contributed by atoms with Crippen molar-refractivity contribution in [2.24, 2.45) is 0 Å². The molecule has 0 bridgehead atoms. The van der Waals surface area contributed by atoms with E-state index in [9.17, 15) is 9.59 Å². The van der Waals surface area contributed by atoms with Crippen LogP contribution in [0, 0.1) is 0 Å². The fourth-order valence-corrected chi connectivity index (χ4v) is 6.72. The SMILES string of the molecule is CN1CCc2c(sc3nc(SCC(=O)N4CCCC4)n(-c4cccc(Cl)c4)c(=O)c23)C1. The van der Waals surface area contributed by atoms with Crippen molar-refractivity contribution in [3.05, 3.63) is 50.1 Å². The second-order valence-electron chi connectivity index (χ2n) is 8.06. The number of rotatable bonds is 4. The molecule has 3 aromatic rings. The summed E-state index contributed by atoms with van der Waals surface area (Å²) in [7, 11) is 2.09. The number of thiophene rings is 1. The first-order chi connectivity index (χ1) is 15.0. The fraction of sp³-hybridized carbons (Fsp3) is 0.409. The van der Waals surface area contributed by atoms with Gasteiger partial charge in [0.05, 0.1) is 16.8 Å². The molecule has 1 aromatic carbocycles. The zero-order valence-corrected chi connectivity index (χ0v) is 19.7. The summed E-state index contributed by atoms with van der Waals surface area (Å²) in [5, 5.41) is 1.81. The van der Waals surface area contributed by atoms with E-state index in [1.807, 2.05) is 17.0 Å². The molecule has 0 spiro atoms. The third-order valence-electron chi connectivity index (χ3n) is 5.88. The number of thioether (sulfide) groups is 1. The van der Waals surface area contributed by atoms with Crippen LogP contribution in [0.5, 0.6) is 0 Å². The molecule has 2 aliphatic rings. The van der Waals surface area contributed by atoms with Gasteiger partial charge in [-0.2, -0.15) is 0 Å². The second-order valence-corrected chi connectivity index (χ2v) is 10.5. The van der Waals surface area contributed by atoms with Crippen LogP contribution in [0.25, 0.3) is 15.9 Å². The van der Waals surface area contributed by atoms with E-state index in [2.05, 4.69) is 11.9 Å². The lowest BCUT2D eigenvalue weighted by atomic mass is 10.1. The molecule has 5 rings (SSSR count). The van der Waals surface area contributed by atoms with Gasteiger partial charge >= 0.3 is 0 Å². The van der Waals surface area contributed by atoms with Crippen molar-refractivity contribution in [1.29, 1.82) is 0 Å². The summed E-state index contributed by atoms with van der Waals surface area (Å²) in [4.78, 5) is 37.4. The fourth-order valence-electron chi connectivity index (χ4n) is 4.28. The number of nitrogens with zero attached hydrogens (tertiary/aromatic N) is 4. The van der Waals surface area contributed by atoms with Gasteiger partial charge in [-0.15, -0.1) is 11.3 Å². The van der Waals surface area contributed by atoms with Crippen LogP contribution < -0.4 is 5.56 Å². The third-order valence-corrected chi connectivity index (χ3v) is 8.15. The first-order valence-corrected chi connectivity index (χ1v) is 12.6. The van der Waals surface area contributed by atoms with E-state index in [-0.39, 0.29) is 17.2 Å². The Hall–Kier alpha value is -1.87. The number of fused-ring (bicyclic) bond motifs is 3. The predicted octanol–water partition coefficient (Wildman–Crippen LogP) is 3.80. The molecule has 9 heteroatoms. The minimum Gasteiger partial charge on any atom is -0.342 e. The molecule has 4 heterocycles. The summed E-state index contributed by atoms with van der Waals surface area (Å²) in [5.41, 5.74) is 1.72. The number of hydrogen-bond donors (Lipinski definition) is 0. The van der Waals surface area contributed by atoms with Gasteiger partial charge in [-0.05, 0) is 50.1 Å². The maximum Gasteiger partial charge on any atom is 0.267 e. The van der Waals surface area contributed by atoms with Gasteiger partial charge in [0.2, 0.25) is 5.91 Å². The molecular formula is C22H23ClN4O2S2. The zero-order valence-electron chi connectivity index (χ0n) is 17.3. The molecule has 162 valence electrons. The van der Waals surface area contributed by atoms with Gasteiger partial charge < -0.3 is 9.80 Å². The molecule has 2 aromatic heterocycles. The number of aromatic nitrogens is 2. The summed E-state index contributed by atoms with van der Waals surface area (Å²) < 4.78 is 1.63. The quantitative estimate of drug-likeness (QED) is 0.425. The van der Waals surface area contributed by atoms with E-state index in [0.717, 1.165) is 55.8 Å². The summed E-state index contributed by atoms with van der Waals surface area (Å²) in [6.45, 7) is 3.40. The highest BCUT2D eigenvalue weighted by Crippen LogP contribution is 2.34. The van der Waals surface area contributed by atoms with E-state index < -0.39 is 0 Å². The van der Waals surface area contributed by atoms with Crippen LogP contribution in [-0.2, 0) is 17.8 Å². The van der Waals surface area contributed by atoms with Crippen molar-refractivity contribution < 1.29 is 4.79 Å². The molecule has 2 aliphatic heterocycles. The minimum atomic E-state index is -0.0783. The zero-order chi connectivity index (χ0) is 21.5. The lowest BCUT2D eigenvalue weighted by molar-refractivity contribution is -0.127. The van der Waals surface area contributed by atoms with Crippen molar-refractivity contribution in [1.82, 2.24) is 19.4 Å². The van der Waals surface area contributed by atoms with Gasteiger partial charge in [-0.3, -0.25) is 14.2 Å². The molecule has 0 atom stereocenters. The van der Waals surface area contributed by atoms with Crippen molar-refractivity contribution in [3.8, 4) is 5.69 Å². The standard InChI is InChI=1S/C22H23ClN4O2S2/c1-25-10-7-16-17(12-25)31-20-19(16)21(29)27(15-6-4-5-14(23)11-15)22(24-20)30-13-18(28)26-8-2-3-9-26/h4-6,11H,2-3,7-10,12-13H2,1H3. The van der Waals surface area contributed by atoms with Crippen LogP contribution in [-0.4, -0.2) is 57.7 Å². The number of likely N-dealkylation sites (tertiary alicyclic amines) is 1. The second kappa shape index (κ2) is 8.58. The molecule has 1 fully saturated rings. The van der Waals surface area contributed by atoms with Crippen molar-refractivity contribution in [3.63, 3.8) is 0 Å². The molecule has 0 aliphatic carbocycles. The number of hydrogen-bond acceptors (Lipinski definition) is 6. The largest absolute Gasteiger partial charge is 0.342 e. The summed E-state index contributed by atoms with van der Waals surface area (Å²) >= 11 is 9.16. The highest BCUT2D eigenvalue weighted by molar-refractivity contribution is 7.99. The number of carbonyl (C=O) groups is 1. The Labute approximate surface area is 193 Å². The lowest BCUT2D eigenvalue weighted by Crippen LogP contribution is -2.30. The maximum absolute atomic E-state index is 13.7. The topological polar surface area (TPSA) is 58.4 Å². The molecule has 31 heavy (non-hydrogen) atoms. The average molecular weight is 475 g/mol. The van der Waals surface area contributed by atoms with E-state index >= 15 is 0 Å². The molecule has 0 saturated carbocycles. The molecule has 0 radical (unpaired) electrons. The molecule has 6 nitrogen and oxygen atoms in total. The smallest absolute Gasteiger partial charge is 0.267 e. The van der Waals surface area contributed by atoms with Crippen LogP contribution in [0.1, 0.15) is 23.3 Å². The first kappa shape index (κ1) is 21.0. The Morgan fingerprint density at radius 1 is 1.26 bits per heavy atom. The van der Waals surface area contributed by atoms with E-state index in [1.54, 1.807) is 28.0 Å². The number of halogens is 1. The van der Waals surface area contributed by atoms with Crippen LogP contribution in [0.4, 0.5) is 0 Å². The van der Waals surface area contributed by atoms with Crippen LogP contribution in [0.15, 0.2) is 34.2 Å². The van der Waals surface area contributed by atoms with Crippen molar-refractivity contribution in [2.75, 3.05) is 32.4 Å². The predicted molar refractivity (Wildman–Crippen MR) is 127 cm³/mol. The van der Waals surface area contributed by atoms with Gasteiger partial charge in [0, 0.05) is 36.1 Å². The van der Waals surface area contributed by atoms with Crippen LogP contribution >= 0.6 is 34.7 Å². The Bertz CT molecular complexity index is 1220. The first-order valence-electron chi connectivity index (χ1n) is 10.4. The van der Waals surface area contributed by atoms with Crippen LogP contribution in [0.2, 0.25) is 5.02 Å². The molecular weight excluding hydrogens is 452 g/mol. The molecule has 0 unspecified atom stereocenters. The monoisotopic (exact) mass is 474 g/mol. The molecule has 1 saturated heterocycles. The Kier molecular flexibility index (Phi) is 5.81. The van der Waals surface area contributed by atoms with Gasteiger partial charge in [0.25, 0.3) is 5.56 Å². The summed E-state index contributed by atoms with van der Waals surface area (Å²) in [6, 6.07) is 7.25.